The van der Waals surface area contributed by atoms with Crippen LogP contribution in [0.25, 0.3) is 5.78 Å². The van der Waals surface area contributed by atoms with Crippen molar-refractivity contribution in [1.29, 1.82) is 0 Å². The summed E-state index contributed by atoms with van der Waals surface area (Å²) in [6.45, 7) is 5.50. The van der Waals surface area contributed by atoms with E-state index in [1.54, 1.807) is 13.8 Å². The number of aryl methyl sites for hydroxylation is 4. The number of halogens is 3. The third kappa shape index (κ3) is 5.11. The van der Waals surface area contributed by atoms with E-state index in [4.69, 9.17) is 4.74 Å². The van der Waals surface area contributed by atoms with Crippen molar-refractivity contribution in [2.24, 2.45) is 0 Å². The summed E-state index contributed by atoms with van der Waals surface area (Å²) in [6, 6.07) is 5.78. The van der Waals surface area contributed by atoms with Gasteiger partial charge in [0.25, 0.3) is 11.6 Å². The Hall–Kier alpha value is -3.04. The molecule has 0 spiro atoms. The summed E-state index contributed by atoms with van der Waals surface area (Å²) in [5.74, 6) is -1.73. The van der Waals surface area contributed by atoms with Gasteiger partial charge in [-0.2, -0.15) is 18.2 Å². The number of carbonyl (C=O) groups is 1. The molecular weight excluding hydrogens is 399 g/mol. The van der Waals surface area contributed by atoms with Crippen LogP contribution in [0.15, 0.2) is 18.2 Å². The topological polar surface area (TPSA) is 82.3 Å². The summed E-state index contributed by atoms with van der Waals surface area (Å²) >= 11 is 0. The maximum Gasteiger partial charge on any atom is 0.453 e. The van der Waals surface area contributed by atoms with Gasteiger partial charge in [-0.1, -0.05) is 6.07 Å². The van der Waals surface area contributed by atoms with Crippen molar-refractivity contribution in [2.45, 2.75) is 52.6 Å². The number of hydrogen-bond acceptors (Lipinski definition) is 6. The van der Waals surface area contributed by atoms with Gasteiger partial charge < -0.3 is 4.74 Å². The van der Waals surface area contributed by atoms with Crippen LogP contribution in [0.2, 0.25) is 0 Å². The number of pyridine rings is 1. The van der Waals surface area contributed by atoms with Crippen LogP contribution in [0.5, 0.6) is 0 Å². The van der Waals surface area contributed by atoms with E-state index in [0.29, 0.717) is 36.2 Å². The fourth-order valence-corrected chi connectivity index (χ4v) is 3.17. The molecule has 3 aromatic rings. The molecule has 3 heterocycles. The molecule has 0 aliphatic heterocycles. The van der Waals surface area contributed by atoms with E-state index >= 15 is 0 Å². The van der Waals surface area contributed by atoms with Gasteiger partial charge in [-0.3, -0.25) is 9.78 Å². The maximum absolute atomic E-state index is 12.9. The number of nitrogens with zero attached hydrogens (tertiary/aromatic N) is 5. The van der Waals surface area contributed by atoms with E-state index < -0.39 is 12.0 Å². The molecule has 0 saturated heterocycles. The molecule has 0 N–H and O–H groups in total. The summed E-state index contributed by atoms with van der Waals surface area (Å²) in [5.41, 5.74) is 3.53. The molecule has 0 aromatic carbocycles. The van der Waals surface area contributed by atoms with Crippen LogP contribution in [0.1, 0.15) is 47.0 Å². The molecule has 3 aromatic heterocycles. The Balaban J connectivity index is 1.56. The minimum absolute atomic E-state index is 0.0956. The first-order valence-corrected chi connectivity index (χ1v) is 9.53. The van der Waals surface area contributed by atoms with Crippen molar-refractivity contribution in [3.05, 3.63) is 52.4 Å². The molecule has 0 amide bonds. The zero-order valence-corrected chi connectivity index (χ0v) is 17.0. The van der Waals surface area contributed by atoms with Gasteiger partial charge in [-0.05, 0) is 57.7 Å². The largest absolute Gasteiger partial charge is 0.466 e. The second-order valence-electron chi connectivity index (χ2n) is 7.00. The SMILES string of the molecule is Cc1cccc(CCCOC(=O)CCc2c(C)nc3nc(C(F)(F)F)nn3c2C)n1. The zero-order chi connectivity index (χ0) is 21.9. The number of aromatic nitrogens is 5. The van der Waals surface area contributed by atoms with Gasteiger partial charge >= 0.3 is 12.1 Å². The standard InChI is InChI=1S/C20H22F3N5O2/c1-12-6-4-7-15(24-12)8-5-11-30-17(29)10-9-16-13(2)25-19-26-18(20(21,22)23)27-28(19)14(16)3/h4,6-7H,5,8-11H2,1-3H3. The first kappa shape index (κ1) is 21.7. The van der Waals surface area contributed by atoms with E-state index in [9.17, 15) is 18.0 Å². The van der Waals surface area contributed by atoms with Gasteiger partial charge in [0.1, 0.15) is 0 Å². The van der Waals surface area contributed by atoms with Crippen LogP contribution in [0.3, 0.4) is 0 Å². The van der Waals surface area contributed by atoms with Crippen LogP contribution in [-0.4, -0.2) is 37.1 Å². The third-order valence-corrected chi connectivity index (χ3v) is 4.67. The Morgan fingerprint density at radius 3 is 2.57 bits per heavy atom. The van der Waals surface area contributed by atoms with Crippen molar-refractivity contribution in [3.63, 3.8) is 0 Å². The molecule has 0 unspecified atom stereocenters. The number of hydrogen-bond donors (Lipinski definition) is 0. The average Bonchev–Trinajstić information content (AvgIpc) is 3.10. The molecule has 0 aliphatic carbocycles. The van der Waals surface area contributed by atoms with Crippen LogP contribution in [-0.2, 0) is 28.5 Å². The summed E-state index contributed by atoms with van der Waals surface area (Å²) < 4.78 is 44.9. The number of carbonyl (C=O) groups excluding carboxylic acids is 1. The summed E-state index contributed by atoms with van der Waals surface area (Å²) in [7, 11) is 0. The monoisotopic (exact) mass is 421 g/mol. The van der Waals surface area contributed by atoms with E-state index in [2.05, 4.69) is 20.1 Å². The second-order valence-corrected chi connectivity index (χ2v) is 7.00. The Bertz CT molecular complexity index is 1060. The summed E-state index contributed by atoms with van der Waals surface area (Å²) in [6.07, 6.45) is -2.89. The number of fused-ring (bicyclic) bond motifs is 1. The first-order chi connectivity index (χ1) is 14.1. The van der Waals surface area contributed by atoms with Crippen molar-refractivity contribution in [2.75, 3.05) is 6.61 Å². The predicted molar refractivity (Wildman–Crippen MR) is 102 cm³/mol. The molecule has 160 valence electrons. The van der Waals surface area contributed by atoms with E-state index in [0.717, 1.165) is 15.9 Å². The molecule has 0 aliphatic rings. The van der Waals surface area contributed by atoms with Crippen molar-refractivity contribution in [1.82, 2.24) is 24.6 Å². The highest BCUT2D eigenvalue weighted by atomic mass is 19.4. The molecule has 0 radical (unpaired) electrons. The Morgan fingerprint density at radius 1 is 1.10 bits per heavy atom. The minimum atomic E-state index is -4.65. The van der Waals surface area contributed by atoms with E-state index in [1.807, 2.05) is 25.1 Å². The summed E-state index contributed by atoms with van der Waals surface area (Å²) in [5, 5.41) is 3.50. The van der Waals surface area contributed by atoms with Crippen LogP contribution < -0.4 is 0 Å². The van der Waals surface area contributed by atoms with Crippen LogP contribution >= 0.6 is 0 Å². The maximum atomic E-state index is 12.9. The predicted octanol–water partition coefficient (Wildman–Crippen LogP) is 3.57. The van der Waals surface area contributed by atoms with Gasteiger partial charge in [-0.25, -0.2) is 9.50 Å². The number of ether oxygens (including phenoxy) is 1. The lowest BCUT2D eigenvalue weighted by molar-refractivity contribution is -0.145. The number of rotatable bonds is 7. The van der Waals surface area contributed by atoms with Gasteiger partial charge in [0, 0.05) is 29.2 Å². The smallest absolute Gasteiger partial charge is 0.453 e. The zero-order valence-electron chi connectivity index (χ0n) is 17.0. The fourth-order valence-electron chi connectivity index (χ4n) is 3.17. The number of alkyl halides is 3. The third-order valence-electron chi connectivity index (χ3n) is 4.67. The molecular formula is C20H22F3N5O2. The lowest BCUT2D eigenvalue weighted by Crippen LogP contribution is -2.11. The molecule has 30 heavy (non-hydrogen) atoms. The summed E-state index contributed by atoms with van der Waals surface area (Å²) in [4.78, 5) is 24.0. The lowest BCUT2D eigenvalue weighted by atomic mass is 10.1. The normalized spacial score (nSPS) is 11.8. The average molecular weight is 421 g/mol. The van der Waals surface area contributed by atoms with Crippen molar-refractivity contribution in [3.8, 4) is 0 Å². The quantitative estimate of drug-likeness (QED) is 0.429. The molecule has 10 heteroatoms. The molecule has 0 atom stereocenters. The lowest BCUT2D eigenvalue weighted by Gasteiger charge is -2.10. The van der Waals surface area contributed by atoms with Gasteiger partial charge in [0.2, 0.25) is 0 Å². The van der Waals surface area contributed by atoms with E-state index in [1.165, 1.54) is 0 Å². The van der Waals surface area contributed by atoms with Gasteiger partial charge in [0.05, 0.1) is 6.61 Å². The molecule has 7 nitrogen and oxygen atoms in total. The molecule has 0 bridgehead atoms. The highest BCUT2D eigenvalue weighted by Gasteiger charge is 2.36. The van der Waals surface area contributed by atoms with Crippen LogP contribution in [0, 0.1) is 20.8 Å². The Morgan fingerprint density at radius 2 is 1.87 bits per heavy atom. The molecule has 3 rings (SSSR count). The molecule has 0 saturated carbocycles. The van der Waals surface area contributed by atoms with Crippen molar-refractivity contribution < 1.29 is 22.7 Å². The fraction of sp³-hybridized carbons (Fsp3) is 0.450. The number of esters is 1. The molecule has 0 fully saturated rings. The minimum Gasteiger partial charge on any atom is -0.466 e. The highest BCUT2D eigenvalue weighted by Crippen LogP contribution is 2.27. The second kappa shape index (κ2) is 8.76. The highest BCUT2D eigenvalue weighted by molar-refractivity contribution is 5.69. The van der Waals surface area contributed by atoms with Gasteiger partial charge in [-0.15, -0.1) is 5.10 Å². The van der Waals surface area contributed by atoms with Crippen molar-refractivity contribution >= 4 is 11.7 Å². The van der Waals surface area contributed by atoms with Crippen LogP contribution in [0.4, 0.5) is 13.2 Å². The first-order valence-electron chi connectivity index (χ1n) is 9.53. The van der Waals surface area contributed by atoms with Gasteiger partial charge in [0.15, 0.2) is 0 Å². The Labute approximate surface area is 171 Å². The Kier molecular flexibility index (Phi) is 6.33. The van der Waals surface area contributed by atoms with E-state index in [-0.39, 0.29) is 24.8 Å².